The Bertz CT molecular complexity index is 1290. The minimum atomic E-state index is -4.07. The molecule has 10 heteroatoms. The van der Waals surface area contributed by atoms with Gasteiger partial charge in [0.15, 0.2) is 5.58 Å². The highest BCUT2D eigenvalue weighted by Crippen LogP contribution is 2.26. The Hall–Kier alpha value is -3.11. The average molecular weight is 448 g/mol. The van der Waals surface area contributed by atoms with Crippen LogP contribution in [0.4, 0.5) is 5.69 Å². The molecule has 31 heavy (non-hydrogen) atoms. The van der Waals surface area contributed by atoms with Crippen LogP contribution in [-0.4, -0.2) is 32.0 Å². The molecule has 0 fully saturated rings. The van der Waals surface area contributed by atoms with E-state index in [4.69, 9.17) is 9.15 Å². The van der Waals surface area contributed by atoms with E-state index in [0.717, 1.165) is 5.56 Å². The summed E-state index contributed by atoms with van der Waals surface area (Å²) in [6.45, 7) is 5.34. The van der Waals surface area contributed by atoms with Crippen LogP contribution < -0.4 is 20.5 Å². The molecule has 0 aliphatic rings. The minimum Gasteiger partial charge on any atom is -0.495 e. The summed E-state index contributed by atoms with van der Waals surface area (Å²) in [5.74, 6) is -0.989. The summed E-state index contributed by atoms with van der Waals surface area (Å²) in [5.41, 5.74) is 1.97. The molecule has 2 aromatic carbocycles. The van der Waals surface area contributed by atoms with E-state index in [1.165, 1.54) is 36.9 Å². The first-order chi connectivity index (χ1) is 14.5. The Morgan fingerprint density at radius 1 is 1.16 bits per heavy atom. The van der Waals surface area contributed by atoms with E-state index in [-0.39, 0.29) is 16.4 Å². The van der Waals surface area contributed by atoms with Gasteiger partial charge in [-0.2, -0.15) is 4.72 Å². The molecule has 1 amide bonds. The van der Waals surface area contributed by atoms with E-state index < -0.39 is 27.7 Å². The Balaban J connectivity index is 1.89. The van der Waals surface area contributed by atoms with Gasteiger partial charge in [-0.3, -0.25) is 9.36 Å². The van der Waals surface area contributed by atoms with Crippen LogP contribution in [0.2, 0.25) is 0 Å². The Labute approximate surface area is 180 Å². The fourth-order valence-corrected chi connectivity index (χ4v) is 4.50. The summed E-state index contributed by atoms with van der Waals surface area (Å²) in [6, 6.07) is 8.37. The summed E-state index contributed by atoms with van der Waals surface area (Å²) in [5, 5.41) is 2.74. The first kappa shape index (κ1) is 22.6. The van der Waals surface area contributed by atoms with Crippen LogP contribution >= 0.6 is 0 Å². The molecule has 0 saturated heterocycles. The molecule has 2 N–H and O–H groups in total. The van der Waals surface area contributed by atoms with Gasteiger partial charge in [-0.25, -0.2) is 13.2 Å². The first-order valence-corrected chi connectivity index (χ1v) is 11.1. The number of oxazole rings is 1. The number of methoxy groups -OCH3 is 1. The lowest BCUT2D eigenvalue weighted by Gasteiger charge is -2.22. The summed E-state index contributed by atoms with van der Waals surface area (Å²) in [7, 11) is -1.06. The molecule has 0 spiro atoms. The molecule has 0 saturated carbocycles. The maximum absolute atomic E-state index is 13.0. The zero-order valence-corrected chi connectivity index (χ0v) is 18.7. The summed E-state index contributed by atoms with van der Waals surface area (Å²) < 4.78 is 40.0. The van der Waals surface area contributed by atoms with Crippen molar-refractivity contribution in [3.8, 4) is 5.75 Å². The Morgan fingerprint density at radius 2 is 1.87 bits per heavy atom. The van der Waals surface area contributed by atoms with Gasteiger partial charge in [0.25, 0.3) is 0 Å². The van der Waals surface area contributed by atoms with Crippen molar-refractivity contribution in [1.29, 1.82) is 0 Å². The van der Waals surface area contributed by atoms with Crippen molar-refractivity contribution in [3.05, 3.63) is 52.5 Å². The SMILES string of the molecule is COc1ccc(C)cc1NC(=O)C(NS(=O)(=O)c1ccc2c(c1)oc(=O)n2C)C(C)C. The average Bonchev–Trinajstić information content (AvgIpc) is 2.99. The maximum atomic E-state index is 13.0. The molecule has 166 valence electrons. The Kier molecular flexibility index (Phi) is 6.23. The highest BCUT2D eigenvalue weighted by atomic mass is 32.2. The number of aromatic nitrogens is 1. The molecule has 1 unspecified atom stereocenters. The highest BCUT2D eigenvalue weighted by molar-refractivity contribution is 7.89. The summed E-state index contributed by atoms with van der Waals surface area (Å²) in [6.07, 6.45) is 0. The van der Waals surface area contributed by atoms with Gasteiger partial charge in [-0.15, -0.1) is 0 Å². The van der Waals surface area contributed by atoms with Gasteiger partial charge in [0.1, 0.15) is 11.8 Å². The van der Waals surface area contributed by atoms with Crippen LogP contribution in [0.15, 0.2) is 50.5 Å². The van der Waals surface area contributed by atoms with E-state index >= 15 is 0 Å². The number of nitrogens with zero attached hydrogens (tertiary/aromatic N) is 1. The number of hydrogen-bond donors (Lipinski definition) is 2. The summed E-state index contributed by atoms with van der Waals surface area (Å²) >= 11 is 0. The number of anilines is 1. The second kappa shape index (κ2) is 8.56. The maximum Gasteiger partial charge on any atom is 0.419 e. The van der Waals surface area contributed by atoms with Crippen LogP contribution in [0, 0.1) is 12.8 Å². The van der Waals surface area contributed by atoms with Gasteiger partial charge in [-0.05, 0) is 42.7 Å². The molecule has 1 heterocycles. The zero-order valence-electron chi connectivity index (χ0n) is 17.9. The topological polar surface area (TPSA) is 120 Å². The number of nitrogens with one attached hydrogen (secondary N) is 2. The van der Waals surface area contributed by atoms with Crippen molar-refractivity contribution in [1.82, 2.24) is 9.29 Å². The number of benzene rings is 2. The predicted octanol–water partition coefficient (Wildman–Crippen LogP) is 2.39. The lowest BCUT2D eigenvalue weighted by atomic mass is 10.0. The van der Waals surface area contributed by atoms with E-state index in [1.54, 1.807) is 26.0 Å². The fraction of sp³-hybridized carbons (Fsp3) is 0.333. The molecular formula is C21H25N3O6S. The number of rotatable bonds is 7. The highest BCUT2D eigenvalue weighted by Gasteiger charge is 2.29. The molecule has 0 bridgehead atoms. The van der Waals surface area contributed by atoms with Crippen LogP contribution in [0.25, 0.3) is 11.1 Å². The van der Waals surface area contributed by atoms with Crippen molar-refractivity contribution < 1.29 is 22.4 Å². The van der Waals surface area contributed by atoms with Crippen LogP contribution in [0.5, 0.6) is 5.75 Å². The number of amides is 1. The van der Waals surface area contributed by atoms with Gasteiger partial charge in [-0.1, -0.05) is 19.9 Å². The molecule has 9 nitrogen and oxygen atoms in total. The van der Waals surface area contributed by atoms with Crippen molar-refractivity contribution >= 4 is 32.7 Å². The van der Waals surface area contributed by atoms with Crippen LogP contribution in [0.3, 0.4) is 0 Å². The van der Waals surface area contributed by atoms with Crippen LogP contribution in [-0.2, 0) is 21.9 Å². The number of carbonyl (C=O) groups excluding carboxylic acids is 1. The smallest absolute Gasteiger partial charge is 0.419 e. The van der Waals surface area contributed by atoms with E-state index in [2.05, 4.69) is 10.0 Å². The number of carbonyl (C=O) groups is 1. The van der Waals surface area contributed by atoms with E-state index in [0.29, 0.717) is 17.0 Å². The fourth-order valence-electron chi connectivity index (χ4n) is 3.14. The number of fused-ring (bicyclic) bond motifs is 1. The molecule has 0 aliphatic heterocycles. The van der Waals surface area contributed by atoms with Crippen molar-refractivity contribution in [3.63, 3.8) is 0 Å². The van der Waals surface area contributed by atoms with Crippen molar-refractivity contribution in [2.45, 2.75) is 31.7 Å². The third kappa shape index (κ3) is 4.64. The molecule has 1 aromatic heterocycles. The quantitative estimate of drug-likeness (QED) is 0.574. The zero-order chi connectivity index (χ0) is 22.9. The van der Waals surface area contributed by atoms with Crippen molar-refractivity contribution in [2.24, 2.45) is 13.0 Å². The van der Waals surface area contributed by atoms with Gasteiger partial charge in [0, 0.05) is 13.1 Å². The lowest BCUT2D eigenvalue weighted by Crippen LogP contribution is -2.47. The first-order valence-electron chi connectivity index (χ1n) is 9.61. The molecule has 0 aliphatic carbocycles. The third-order valence-corrected chi connectivity index (χ3v) is 6.36. The standard InChI is InChI=1S/C21H25N3O6S/c1-12(2)19(20(25)22-15-10-13(3)6-9-17(15)29-5)23-31(27,28)14-7-8-16-18(11-14)30-21(26)24(16)4/h6-12,19,23H,1-5H3,(H,22,25). The van der Waals surface area contributed by atoms with Gasteiger partial charge >= 0.3 is 5.76 Å². The lowest BCUT2D eigenvalue weighted by molar-refractivity contribution is -0.118. The van der Waals surface area contributed by atoms with Crippen molar-refractivity contribution in [2.75, 3.05) is 12.4 Å². The van der Waals surface area contributed by atoms with Gasteiger partial charge in [0.2, 0.25) is 15.9 Å². The number of sulfonamides is 1. The van der Waals surface area contributed by atoms with Crippen LogP contribution in [0.1, 0.15) is 19.4 Å². The van der Waals surface area contributed by atoms with E-state index in [9.17, 15) is 18.0 Å². The molecule has 3 rings (SSSR count). The molecule has 3 aromatic rings. The molecular weight excluding hydrogens is 422 g/mol. The number of ether oxygens (including phenoxy) is 1. The third-order valence-electron chi connectivity index (χ3n) is 4.92. The second-order valence-corrected chi connectivity index (χ2v) is 9.31. The Morgan fingerprint density at radius 3 is 2.52 bits per heavy atom. The predicted molar refractivity (Wildman–Crippen MR) is 117 cm³/mol. The number of hydrogen-bond acceptors (Lipinski definition) is 6. The molecule has 0 radical (unpaired) electrons. The molecule has 1 atom stereocenters. The van der Waals surface area contributed by atoms with E-state index in [1.807, 2.05) is 13.0 Å². The summed E-state index contributed by atoms with van der Waals surface area (Å²) in [4.78, 5) is 24.5. The monoisotopic (exact) mass is 447 g/mol. The normalized spacial score (nSPS) is 12.8. The van der Waals surface area contributed by atoms with Gasteiger partial charge in [0.05, 0.1) is 23.2 Å². The minimum absolute atomic E-state index is 0.110. The largest absolute Gasteiger partial charge is 0.495 e. The number of aryl methyl sites for hydroxylation is 2. The second-order valence-electron chi connectivity index (χ2n) is 7.59. The van der Waals surface area contributed by atoms with Gasteiger partial charge < -0.3 is 14.5 Å².